The van der Waals surface area contributed by atoms with Gasteiger partial charge < -0.3 is 16.2 Å². The Labute approximate surface area is 114 Å². The molecule has 0 unspecified atom stereocenters. The van der Waals surface area contributed by atoms with Crippen LogP contribution in [-0.2, 0) is 6.54 Å². The summed E-state index contributed by atoms with van der Waals surface area (Å²) in [5.74, 6) is 0.246. The lowest BCUT2D eigenvalue weighted by Crippen LogP contribution is -1.99. The molecule has 0 bridgehead atoms. The standard InChI is InChI=1S/C14H13N3OS/c15-10-5-6-13(18)9(7-10)8-16-14-11-3-1-2-4-12(11)17-19-14/h1-7,16,18H,8,15H2. The molecule has 0 spiro atoms. The van der Waals surface area contributed by atoms with Crippen LogP contribution in [0, 0.1) is 0 Å². The summed E-state index contributed by atoms with van der Waals surface area (Å²) in [6.07, 6.45) is 0. The van der Waals surface area contributed by atoms with Gasteiger partial charge in [0, 0.05) is 23.2 Å². The Kier molecular flexibility index (Phi) is 2.97. The number of phenolic OH excluding ortho intramolecular Hbond substituents is 1. The minimum Gasteiger partial charge on any atom is -0.508 e. The second-order valence-electron chi connectivity index (χ2n) is 4.27. The van der Waals surface area contributed by atoms with Gasteiger partial charge in [0.1, 0.15) is 10.8 Å². The highest BCUT2D eigenvalue weighted by atomic mass is 32.1. The Morgan fingerprint density at radius 1 is 1.21 bits per heavy atom. The number of rotatable bonds is 3. The minimum absolute atomic E-state index is 0.246. The van der Waals surface area contributed by atoms with Crippen LogP contribution in [0.4, 0.5) is 10.7 Å². The van der Waals surface area contributed by atoms with Gasteiger partial charge in [-0.1, -0.05) is 12.1 Å². The molecular weight excluding hydrogens is 258 g/mol. The second kappa shape index (κ2) is 4.78. The first-order chi connectivity index (χ1) is 9.24. The van der Waals surface area contributed by atoms with Crippen molar-refractivity contribution in [2.45, 2.75) is 6.54 Å². The Morgan fingerprint density at radius 3 is 2.95 bits per heavy atom. The van der Waals surface area contributed by atoms with Gasteiger partial charge in [-0.05, 0) is 41.9 Å². The van der Waals surface area contributed by atoms with E-state index in [1.165, 1.54) is 11.5 Å². The third-order valence-corrected chi connectivity index (χ3v) is 3.76. The van der Waals surface area contributed by atoms with Crippen LogP contribution in [0.1, 0.15) is 5.56 Å². The largest absolute Gasteiger partial charge is 0.508 e. The maximum atomic E-state index is 9.77. The molecule has 4 nitrogen and oxygen atoms in total. The van der Waals surface area contributed by atoms with Gasteiger partial charge in [-0.25, -0.2) is 0 Å². The van der Waals surface area contributed by atoms with Crippen LogP contribution in [-0.4, -0.2) is 9.48 Å². The molecule has 0 amide bonds. The lowest BCUT2D eigenvalue weighted by Gasteiger charge is -2.07. The van der Waals surface area contributed by atoms with Crippen molar-refractivity contribution in [3.8, 4) is 5.75 Å². The fourth-order valence-corrected chi connectivity index (χ4v) is 2.70. The van der Waals surface area contributed by atoms with Crippen molar-refractivity contribution in [3.63, 3.8) is 0 Å². The van der Waals surface area contributed by atoms with Gasteiger partial charge in [-0.2, -0.15) is 4.37 Å². The SMILES string of the molecule is Nc1ccc(O)c(CNc2snc3ccccc23)c1. The number of nitrogens with zero attached hydrogens (tertiary/aromatic N) is 1. The number of aromatic nitrogens is 1. The van der Waals surface area contributed by atoms with Crippen LogP contribution >= 0.6 is 11.5 Å². The molecule has 3 rings (SSSR count). The summed E-state index contributed by atoms with van der Waals surface area (Å²) in [6, 6.07) is 13.0. The number of nitrogen functional groups attached to an aromatic ring is 1. The molecule has 0 aliphatic carbocycles. The molecule has 0 fully saturated rings. The molecule has 3 aromatic rings. The van der Waals surface area contributed by atoms with Crippen molar-refractivity contribution < 1.29 is 5.11 Å². The maximum absolute atomic E-state index is 9.77. The lowest BCUT2D eigenvalue weighted by molar-refractivity contribution is 0.469. The van der Waals surface area contributed by atoms with Crippen molar-refractivity contribution in [2.24, 2.45) is 0 Å². The van der Waals surface area contributed by atoms with Crippen molar-refractivity contribution in [1.82, 2.24) is 4.37 Å². The van der Waals surface area contributed by atoms with Gasteiger partial charge in [0.25, 0.3) is 0 Å². The molecule has 0 atom stereocenters. The van der Waals surface area contributed by atoms with E-state index in [0.29, 0.717) is 12.2 Å². The molecule has 5 heteroatoms. The summed E-state index contributed by atoms with van der Waals surface area (Å²) in [5.41, 5.74) is 8.11. The first-order valence-electron chi connectivity index (χ1n) is 5.90. The van der Waals surface area contributed by atoms with E-state index in [2.05, 4.69) is 9.69 Å². The van der Waals surface area contributed by atoms with Crippen LogP contribution in [0.3, 0.4) is 0 Å². The van der Waals surface area contributed by atoms with Gasteiger partial charge in [0.05, 0.1) is 5.52 Å². The highest BCUT2D eigenvalue weighted by Crippen LogP contribution is 2.29. The molecule has 0 radical (unpaired) electrons. The quantitative estimate of drug-likeness (QED) is 0.505. The zero-order valence-electron chi connectivity index (χ0n) is 10.1. The van der Waals surface area contributed by atoms with E-state index in [1.807, 2.05) is 24.3 Å². The Hall–Kier alpha value is -2.27. The highest BCUT2D eigenvalue weighted by Gasteiger charge is 2.06. The Bertz CT molecular complexity index is 724. The normalized spacial score (nSPS) is 10.7. The van der Waals surface area contributed by atoms with Crippen LogP contribution < -0.4 is 11.1 Å². The fourth-order valence-electron chi connectivity index (χ4n) is 1.94. The van der Waals surface area contributed by atoms with E-state index < -0.39 is 0 Å². The van der Waals surface area contributed by atoms with E-state index in [-0.39, 0.29) is 5.75 Å². The molecule has 1 heterocycles. The Balaban J connectivity index is 1.84. The number of nitrogens with two attached hydrogens (primary N) is 1. The summed E-state index contributed by atoms with van der Waals surface area (Å²) < 4.78 is 4.36. The monoisotopic (exact) mass is 271 g/mol. The molecule has 0 saturated heterocycles. The summed E-state index contributed by atoms with van der Waals surface area (Å²) in [4.78, 5) is 0. The summed E-state index contributed by atoms with van der Waals surface area (Å²) in [7, 11) is 0. The first kappa shape index (κ1) is 11.8. The van der Waals surface area contributed by atoms with E-state index in [4.69, 9.17) is 5.73 Å². The van der Waals surface area contributed by atoms with Gasteiger partial charge in [0.15, 0.2) is 0 Å². The van der Waals surface area contributed by atoms with E-state index in [1.54, 1.807) is 18.2 Å². The van der Waals surface area contributed by atoms with Gasteiger partial charge >= 0.3 is 0 Å². The molecular formula is C14H13N3OS. The molecule has 4 N–H and O–H groups in total. The predicted octanol–water partition coefficient (Wildman–Crippen LogP) is 3.20. The number of hydrogen-bond donors (Lipinski definition) is 3. The smallest absolute Gasteiger partial charge is 0.120 e. The van der Waals surface area contributed by atoms with Crippen molar-refractivity contribution in [2.75, 3.05) is 11.1 Å². The van der Waals surface area contributed by atoms with Crippen molar-refractivity contribution >= 4 is 33.1 Å². The zero-order valence-corrected chi connectivity index (χ0v) is 10.9. The van der Waals surface area contributed by atoms with Crippen molar-refractivity contribution in [3.05, 3.63) is 48.0 Å². The lowest BCUT2D eigenvalue weighted by atomic mass is 10.2. The number of phenols is 1. The van der Waals surface area contributed by atoms with Crippen LogP contribution in [0.5, 0.6) is 5.75 Å². The number of aromatic hydroxyl groups is 1. The average Bonchev–Trinajstić information content (AvgIpc) is 2.83. The average molecular weight is 271 g/mol. The third kappa shape index (κ3) is 2.32. The summed E-state index contributed by atoms with van der Waals surface area (Å²) in [6.45, 7) is 0.517. The molecule has 1 aromatic heterocycles. The van der Waals surface area contributed by atoms with Crippen LogP contribution in [0.15, 0.2) is 42.5 Å². The second-order valence-corrected chi connectivity index (χ2v) is 5.04. The Morgan fingerprint density at radius 2 is 2.05 bits per heavy atom. The van der Waals surface area contributed by atoms with Crippen molar-refractivity contribution in [1.29, 1.82) is 0 Å². The van der Waals surface area contributed by atoms with Crippen LogP contribution in [0.25, 0.3) is 10.9 Å². The number of anilines is 2. The number of benzene rings is 2. The number of nitrogens with one attached hydrogen (secondary N) is 1. The van der Waals surface area contributed by atoms with E-state index >= 15 is 0 Å². The summed E-state index contributed by atoms with van der Waals surface area (Å²) >= 11 is 1.42. The molecule has 0 aliphatic rings. The first-order valence-corrected chi connectivity index (χ1v) is 6.67. The molecule has 2 aromatic carbocycles. The molecule has 0 aliphatic heterocycles. The third-order valence-electron chi connectivity index (χ3n) is 2.93. The van der Waals surface area contributed by atoms with Gasteiger partial charge in [-0.3, -0.25) is 0 Å². The van der Waals surface area contributed by atoms with Gasteiger partial charge in [-0.15, -0.1) is 0 Å². The number of hydrogen-bond acceptors (Lipinski definition) is 5. The fraction of sp³-hybridized carbons (Fsp3) is 0.0714. The predicted molar refractivity (Wildman–Crippen MR) is 79.5 cm³/mol. The zero-order chi connectivity index (χ0) is 13.2. The van der Waals surface area contributed by atoms with Gasteiger partial charge in [0.2, 0.25) is 0 Å². The van der Waals surface area contributed by atoms with Crippen LogP contribution in [0.2, 0.25) is 0 Å². The highest BCUT2D eigenvalue weighted by molar-refractivity contribution is 7.11. The maximum Gasteiger partial charge on any atom is 0.120 e. The number of fused-ring (bicyclic) bond motifs is 1. The summed E-state index contributed by atoms with van der Waals surface area (Å²) in [5, 5.41) is 15.2. The molecule has 0 saturated carbocycles. The van der Waals surface area contributed by atoms with E-state index in [0.717, 1.165) is 21.5 Å². The van der Waals surface area contributed by atoms with E-state index in [9.17, 15) is 5.11 Å². The molecule has 19 heavy (non-hydrogen) atoms. The topological polar surface area (TPSA) is 71.2 Å². The minimum atomic E-state index is 0.246. The molecule has 96 valence electrons.